The first kappa shape index (κ1) is 32.6. The van der Waals surface area contributed by atoms with Gasteiger partial charge in [-0.25, -0.2) is 17.2 Å². The first-order valence-electron chi connectivity index (χ1n) is 14.3. The number of rotatable bonds is 5. The van der Waals surface area contributed by atoms with Gasteiger partial charge in [0.05, 0.1) is 22.0 Å². The van der Waals surface area contributed by atoms with Gasteiger partial charge in [0, 0.05) is 23.7 Å². The number of halogens is 6. The number of aliphatic carboxylic acids is 1. The highest BCUT2D eigenvalue weighted by molar-refractivity contribution is 7.92. The fraction of sp³-hybridized carbons (Fsp3) is 0.567. The molecule has 1 amide bonds. The predicted octanol–water partition coefficient (Wildman–Crippen LogP) is 6.03. The van der Waals surface area contributed by atoms with Crippen molar-refractivity contribution in [2.24, 2.45) is 10.8 Å². The number of hydrogen-bond acceptors (Lipinski definition) is 5. The molecule has 4 fully saturated rings. The normalized spacial score (nSPS) is 31.0. The van der Waals surface area contributed by atoms with Crippen LogP contribution in [0.4, 0.5) is 22.0 Å². The van der Waals surface area contributed by atoms with Crippen LogP contribution < -0.4 is 0 Å². The van der Waals surface area contributed by atoms with E-state index < -0.39 is 60.7 Å². The van der Waals surface area contributed by atoms with E-state index in [1.54, 1.807) is 4.90 Å². The molecule has 14 heteroatoms. The summed E-state index contributed by atoms with van der Waals surface area (Å²) in [6, 6.07) is 4.29. The van der Waals surface area contributed by atoms with Crippen LogP contribution in [0, 0.1) is 16.6 Å². The van der Waals surface area contributed by atoms with Crippen LogP contribution >= 0.6 is 12.4 Å². The van der Waals surface area contributed by atoms with Gasteiger partial charge in [0.25, 0.3) is 0 Å². The predicted molar refractivity (Wildman–Crippen MR) is 150 cm³/mol. The molecule has 4 aliphatic carbocycles. The molecule has 240 valence electrons. The summed E-state index contributed by atoms with van der Waals surface area (Å²) >= 11 is 0. The zero-order chi connectivity index (χ0) is 31.2. The Labute approximate surface area is 257 Å². The van der Waals surface area contributed by atoms with Crippen LogP contribution in [0.1, 0.15) is 75.1 Å². The molecule has 2 bridgehead atoms. The summed E-state index contributed by atoms with van der Waals surface area (Å²) in [7, 11) is -4.42. The number of carbonyl (C=O) groups excluding carboxylic acids is 1. The van der Waals surface area contributed by atoms with Gasteiger partial charge in [0.1, 0.15) is 10.6 Å². The highest BCUT2D eigenvalue weighted by Crippen LogP contribution is 2.60. The van der Waals surface area contributed by atoms with Gasteiger partial charge in [-0.15, -0.1) is 12.4 Å². The number of aromatic nitrogens is 1. The van der Waals surface area contributed by atoms with Gasteiger partial charge in [-0.3, -0.25) is 14.6 Å². The van der Waals surface area contributed by atoms with Crippen LogP contribution in [0.25, 0.3) is 0 Å². The fourth-order valence-corrected chi connectivity index (χ4v) is 10.3. The first-order valence-corrected chi connectivity index (χ1v) is 15.8. The molecule has 7 nitrogen and oxygen atoms in total. The Bertz CT molecular complexity index is 1590. The van der Waals surface area contributed by atoms with Crippen molar-refractivity contribution in [2.75, 3.05) is 6.54 Å². The minimum Gasteiger partial charge on any atom is -0.481 e. The Hall–Kier alpha value is -2.80. The molecule has 1 aliphatic heterocycles. The maximum absolute atomic E-state index is 14.9. The van der Waals surface area contributed by atoms with E-state index in [-0.39, 0.29) is 60.3 Å². The largest absolute Gasteiger partial charge is 0.481 e. The molecule has 3 saturated carbocycles. The van der Waals surface area contributed by atoms with Crippen LogP contribution in [-0.2, 0) is 36.3 Å². The number of pyridine rings is 1. The second-order valence-corrected chi connectivity index (χ2v) is 15.0. The van der Waals surface area contributed by atoms with E-state index in [4.69, 9.17) is 0 Å². The van der Waals surface area contributed by atoms with Crippen LogP contribution in [-0.4, -0.2) is 54.0 Å². The maximum atomic E-state index is 14.9. The summed E-state index contributed by atoms with van der Waals surface area (Å²) in [6.07, 6.45) is -2.34. The average molecular weight is 663 g/mol. The lowest BCUT2D eigenvalue weighted by molar-refractivity contribution is -0.228. The van der Waals surface area contributed by atoms with Crippen molar-refractivity contribution in [3.8, 4) is 0 Å². The molecule has 1 aromatic heterocycles. The van der Waals surface area contributed by atoms with E-state index in [0.29, 0.717) is 51.6 Å². The number of likely N-dealkylation sites (tertiary alicyclic amines) is 1. The Morgan fingerprint density at radius 2 is 1.55 bits per heavy atom. The summed E-state index contributed by atoms with van der Waals surface area (Å²) in [5.41, 5.74) is -6.02. The standard InChI is InChI=1S/C30H31F5N2O5S.ClH/c1-26(32,30(33,34)35)19-16-18-2-7-22-29(23(18)36-17-19,43(41,42)21-5-3-20(31)4-6-21)14-15-37(22)24(38)27-8-11-28(12-9-27,13-10-27)25(39)40;/h3-6,16-17,22H,2,7-15H2,1H3,(H,39,40);1H. The number of sulfone groups is 1. The van der Waals surface area contributed by atoms with Gasteiger partial charge in [-0.1, -0.05) is 0 Å². The second-order valence-electron chi connectivity index (χ2n) is 12.7. The summed E-state index contributed by atoms with van der Waals surface area (Å²) in [5, 5.41) is 9.78. The van der Waals surface area contributed by atoms with Crippen LogP contribution in [0.2, 0.25) is 0 Å². The third-order valence-electron chi connectivity index (χ3n) is 10.8. The summed E-state index contributed by atoms with van der Waals surface area (Å²) in [4.78, 5) is 31.8. The third-order valence-corrected chi connectivity index (χ3v) is 13.3. The SMILES string of the molecule is CC(F)(c1cnc2c(c1)CCC1N(C(=O)C34CCC(C(=O)O)(CC3)CC4)CCC21S(=O)(=O)c1ccc(F)cc1)C(F)(F)F.Cl. The van der Waals surface area contributed by atoms with E-state index in [2.05, 4.69) is 4.98 Å². The minimum absolute atomic E-state index is 0. The Morgan fingerprint density at radius 1 is 0.977 bits per heavy atom. The van der Waals surface area contributed by atoms with E-state index in [1.807, 2.05) is 0 Å². The number of amides is 1. The van der Waals surface area contributed by atoms with Crippen LogP contribution in [0.15, 0.2) is 41.4 Å². The fourth-order valence-electron chi connectivity index (χ4n) is 7.96. The number of carbonyl (C=O) groups is 2. The van der Waals surface area contributed by atoms with E-state index in [9.17, 15) is 45.1 Å². The molecular formula is C30H32ClF5N2O5S. The van der Waals surface area contributed by atoms with Crippen LogP contribution in [0.3, 0.4) is 0 Å². The molecule has 1 saturated heterocycles. The van der Waals surface area contributed by atoms with Gasteiger partial charge >= 0.3 is 12.1 Å². The molecule has 5 aliphatic rings. The molecular weight excluding hydrogens is 631 g/mol. The molecule has 7 rings (SSSR count). The van der Waals surface area contributed by atoms with Crippen molar-refractivity contribution < 1.29 is 45.1 Å². The van der Waals surface area contributed by atoms with Gasteiger partial charge in [-0.2, -0.15) is 13.2 Å². The molecule has 0 spiro atoms. The number of fused-ring (bicyclic) bond motifs is 6. The summed E-state index contributed by atoms with van der Waals surface area (Å²) in [6.45, 7) is 0.414. The quantitative estimate of drug-likeness (QED) is 0.310. The second kappa shape index (κ2) is 10.4. The number of nitrogens with zero attached hydrogens (tertiary/aromatic N) is 2. The van der Waals surface area contributed by atoms with E-state index >= 15 is 0 Å². The maximum Gasteiger partial charge on any atom is 0.426 e. The number of aryl methyl sites for hydroxylation is 1. The number of carboxylic acid groups (broad SMARTS) is 1. The zero-order valence-electron chi connectivity index (χ0n) is 23.8. The van der Waals surface area contributed by atoms with Crippen molar-refractivity contribution in [3.63, 3.8) is 0 Å². The van der Waals surface area contributed by atoms with Gasteiger partial charge in [0.15, 0.2) is 9.84 Å². The van der Waals surface area contributed by atoms with E-state index in [1.165, 1.54) is 0 Å². The Morgan fingerprint density at radius 3 is 2.09 bits per heavy atom. The zero-order valence-corrected chi connectivity index (χ0v) is 25.4. The lowest BCUT2D eigenvalue weighted by atomic mass is 9.53. The lowest BCUT2D eigenvalue weighted by Gasteiger charge is -2.52. The van der Waals surface area contributed by atoms with E-state index in [0.717, 1.165) is 30.3 Å². The molecule has 44 heavy (non-hydrogen) atoms. The number of hydrogen-bond donors (Lipinski definition) is 1. The summed E-state index contributed by atoms with van der Waals surface area (Å²) < 4.78 is 96.5. The van der Waals surface area contributed by atoms with Crippen molar-refractivity contribution >= 4 is 34.1 Å². The lowest BCUT2D eigenvalue weighted by Crippen LogP contribution is -2.58. The van der Waals surface area contributed by atoms with Gasteiger partial charge < -0.3 is 10.0 Å². The third kappa shape index (κ3) is 4.39. The number of alkyl halides is 4. The average Bonchev–Trinajstić information content (AvgIpc) is 3.38. The number of carboxylic acids is 1. The van der Waals surface area contributed by atoms with Crippen molar-refractivity contribution in [2.45, 2.75) is 92.2 Å². The molecule has 1 N–H and O–H groups in total. The van der Waals surface area contributed by atoms with Gasteiger partial charge in [-0.05, 0) is 101 Å². The molecule has 3 unspecified atom stereocenters. The summed E-state index contributed by atoms with van der Waals surface area (Å²) in [5.74, 6) is -1.78. The molecule has 2 aromatic rings. The molecule has 2 heterocycles. The van der Waals surface area contributed by atoms with Crippen molar-refractivity contribution in [1.29, 1.82) is 0 Å². The highest BCUT2D eigenvalue weighted by atomic mass is 35.5. The topological polar surface area (TPSA) is 105 Å². The molecule has 0 radical (unpaired) electrons. The highest BCUT2D eigenvalue weighted by Gasteiger charge is 2.65. The molecule has 1 aromatic carbocycles. The first-order chi connectivity index (χ1) is 20.0. The smallest absolute Gasteiger partial charge is 0.426 e. The minimum atomic E-state index is -5.23. The van der Waals surface area contributed by atoms with Crippen molar-refractivity contribution in [1.82, 2.24) is 9.88 Å². The Kier molecular flexibility index (Phi) is 7.68. The van der Waals surface area contributed by atoms with Gasteiger partial charge in [0.2, 0.25) is 11.6 Å². The monoisotopic (exact) mass is 662 g/mol. The van der Waals surface area contributed by atoms with Crippen molar-refractivity contribution in [3.05, 3.63) is 59.2 Å². The number of benzene rings is 1. The Balaban J connectivity index is 0.00000384. The molecule has 3 atom stereocenters. The van der Waals surface area contributed by atoms with Crippen LogP contribution in [0.5, 0.6) is 0 Å².